The van der Waals surface area contributed by atoms with E-state index in [4.69, 9.17) is 13.8 Å². The number of ether oxygens (including phenoxy) is 1. The van der Waals surface area contributed by atoms with E-state index in [2.05, 4.69) is 37.0 Å². The van der Waals surface area contributed by atoms with Crippen molar-refractivity contribution in [1.82, 2.24) is 10.2 Å². The minimum absolute atomic E-state index is 0.0218. The van der Waals surface area contributed by atoms with Gasteiger partial charge in [-0.25, -0.2) is 4.79 Å². The van der Waals surface area contributed by atoms with Gasteiger partial charge >= 0.3 is 13.6 Å². The normalized spacial score (nSPS) is 20.1. The molecule has 7 nitrogen and oxygen atoms in total. The maximum atomic E-state index is 12.8. The number of aromatic nitrogens is 2. The highest BCUT2D eigenvalue weighted by molar-refractivity contribution is 7.62. The molecule has 2 rings (SSSR count). The molecule has 1 heterocycles. The van der Waals surface area contributed by atoms with Crippen LogP contribution in [0.3, 0.4) is 0 Å². The Morgan fingerprint density at radius 3 is 2.46 bits per heavy atom. The average molecular weight is 356 g/mol. The SMILES string of the molecule is COC(=O)c1n[nH]c(P(=O)(OC)OC)c1CC1CC=C(C)C1(C)C. The molecule has 0 aliphatic heterocycles. The summed E-state index contributed by atoms with van der Waals surface area (Å²) in [4.78, 5) is 12.1. The third-order valence-electron chi connectivity index (χ3n) is 5.17. The number of H-pyrrole nitrogens is 1. The molecule has 0 bridgehead atoms. The molecule has 134 valence electrons. The van der Waals surface area contributed by atoms with E-state index in [0.29, 0.717) is 12.0 Å². The first-order chi connectivity index (χ1) is 11.2. The van der Waals surface area contributed by atoms with Crippen molar-refractivity contribution in [3.63, 3.8) is 0 Å². The summed E-state index contributed by atoms with van der Waals surface area (Å²) in [6.45, 7) is 6.44. The summed E-state index contributed by atoms with van der Waals surface area (Å²) in [6, 6.07) is 0. The third kappa shape index (κ3) is 3.08. The first-order valence-corrected chi connectivity index (χ1v) is 9.30. The summed E-state index contributed by atoms with van der Waals surface area (Å²) < 4.78 is 27.8. The number of esters is 1. The predicted octanol–water partition coefficient (Wildman–Crippen LogP) is 2.84. The van der Waals surface area contributed by atoms with Gasteiger partial charge in [0.2, 0.25) is 0 Å². The van der Waals surface area contributed by atoms with Gasteiger partial charge in [-0.05, 0) is 31.1 Å². The molecule has 8 heteroatoms. The fourth-order valence-electron chi connectivity index (χ4n) is 3.08. The lowest BCUT2D eigenvalue weighted by Gasteiger charge is -2.30. The van der Waals surface area contributed by atoms with Crippen LogP contribution in [0.15, 0.2) is 11.6 Å². The summed E-state index contributed by atoms with van der Waals surface area (Å²) in [6.07, 6.45) is 3.61. The second kappa shape index (κ2) is 6.82. The first-order valence-electron chi connectivity index (χ1n) is 7.76. The van der Waals surface area contributed by atoms with E-state index in [0.717, 1.165) is 6.42 Å². The van der Waals surface area contributed by atoms with Crippen LogP contribution in [-0.2, 0) is 24.8 Å². The third-order valence-corrected chi connectivity index (χ3v) is 7.05. The smallest absolute Gasteiger partial charge is 0.378 e. The fourth-order valence-corrected chi connectivity index (χ4v) is 4.30. The number of aromatic amines is 1. The quantitative estimate of drug-likeness (QED) is 0.479. The van der Waals surface area contributed by atoms with Gasteiger partial charge in [0.05, 0.1) is 7.11 Å². The van der Waals surface area contributed by atoms with Crippen molar-refractivity contribution in [2.75, 3.05) is 21.3 Å². The number of hydrogen-bond acceptors (Lipinski definition) is 6. The highest BCUT2D eigenvalue weighted by atomic mass is 31.2. The Morgan fingerprint density at radius 1 is 1.38 bits per heavy atom. The monoisotopic (exact) mass is 356 g/mol. The molecule has 0 spiro atoms. The van der Waals surface area contributed by atoms with E-state index < -0.39 is 13.6 Å². The number of methoxy groups -OCH3 is 1. The molecule has 0 amide bonds. The fraction of sp³-hybridized carbons (Fsp3) is 0.625. The number of nitrogens with one attached hydrogen (secondary N) is 1. The van der Waals surface area contributed by atoms with Gasteiger partial charge in [-0.1, -0.05) is 25.5 Å². The van der Waals surface area contributed by atoms with Crippen molar-refractivity contribution in [3.8, 4) is 0 Å². The lowest BCUT2D eigenvalue weighted by molar-refractivity contribution is 0.0592. The van der Waals surface area contributed by atoms with Crippen molar-refractivity contribution in [2.45, 2.75) is 33.6 Å². The van der Waals surface area contributed by atoms with E-state index >= 15 is 0 Å². The van der Waals surface area contributed by atoms with Crippen molar-refractivity contribution in [2.24, 2.45) is 11.3 Å². The molecule has 1 aromatic rings. The molecule has 1 aliphatic rings. The van der Waals surface area contributed by atoms with Gasteiger partial charge < -0.3 is 13.8 Å². The van der Waals surface area contributed by atoms with E-state index in [1.165, 1.54) is 26.9 Å². The van der Waals surface area contributed by atoms with Crippen LogP contribution in [0.5, 0.6) is 0 Å². The topological polar surface area (TPSA) is 90.5 Å². The second-order valence-electron chi connectivity index (χ2n) is 6.50. The Kier molecular flexibility index (Phi) is 5.37. The van der Waals surface area contributed by atoms with Gasteiger partial charge in [-0.15, -0.1) is 0 Å². The summed E-state index contributed by atoms with van der Waals surface area (Å²) in [5, 5.41) is 6.67. The lowest BCUT2D eigenvalue weighted by atomic mass is 9.75. The number of carbonyl (C=O) groups excluding carboxylic acids is 1. The van der Waals surface area contributed by atoms with E-state index in [-0.39, 0.29) is 22.5 Å². The van der Waals surface area contributed by atoms with Gasteiger partial charge in [0.25, 0.3) is 0 Å². The van der Waals surface area contributed by atoms with E-state index in [1.807, 2.05) is 0 Å². The Morgan fingerprint density at radius 2 is 2.00 bits per heavy atom. The first kappa shape index (κ1) is 18.9. The number of allylic oxidation sites excluding steroid dienone is 2. The number of nitrogens with zero attached hydrogens (tertiary/aromatic N) is 1. The molecular weight excluding hydrogens is 331 g/mol. The Bertz CT molecular complexity index is 699. The zero-order valence-corrected chi connectivity index (χ0v) is 15.9. The zero-order chi connectivity index (χ0) is 18.1. The van der Waals surface area contributed by atoms with Crippen molar-refractivity contribution >= 4 is 19.0 Å². The van der Waals surface area contributed by atoms with Crippen LogP contribution in [0.1, 0.15) is 43.2 Å². The maximum absolute atomic E-state index is 12.8. The number of carbonyl (C=O) groups is 1. The van der Waals surface area contributed by atoms with Crippen LogP contribution in [-0.4, -0.2) is 37.5 Å². The second-order valence-corrected chi connectivity index (χ2v) is 8.67. The average Bonchev–Trinajstić information content (AvgIpc) is 3.10. The Labute approximate surface area is 142 Å². The van der Waals surface area contributed by atoms with Gasteiger partial charge in [0.15, 0.2) is 11.1 Å². The molecule has 24 heavy (non-hydrogen) atoms. The molecule has 0 radical (unpaired) electrons. The molecule has 1 aromatic heterocycles. The lowest BCUT2D eigenvalue weighted by Crippen LogP contribution is -2.26. The van der Waals surface area contributed by atoms with E-state index in [9.17, 15) is 9.36 Å². The largest absolute Gasteiger partial charge is 0.464 e. The molecule has 1 aliphatic carbocycles. The van der Waals surface area contributed by atoms with Crippen molar-refractivity contribution in [1.29, 1.82) is 0 Å². The van der Waals surface area contributed by atoms with Crippen LogP contribution in [0, 0.1) is 11.3 Å². The van der Waals surface area contributed by atoms with Crippen molar-refractivity contribution in [3.05, 3.63) is 22.9 Å². The van der Waals surface area contributed by atoms with Crippen LogP contribution in [0.4, 0.5) is 0 Å². The summed E-state index contributed by atoms with van der Waals surface area (Å²) >= 11 is 0. The molecular formula is C16H25N2O5P. The van der Waals surface area contributed by atoms with Gasteiger partial charge in [-0.3, -0.25) is 9.66 Å². The molecule has 0 aromatic carbocycles. The van der Waals surface area contributed by atoms with Gasteiger partial charge in [0.1, 0.15) is 0 Å². The zero-order valence-electron chi connectivity index (χ0n) is 15.0. The number of rotatable bonds is 6. The minimum Gasteiger partial charge on any atom is -0.464 e. The van der Waals surface area contributed by atoms with E-state index in [1.54, 1.807) is 0 Å². The summed E-state index contributed by atoms with van der Waals surface area (Å²) in [5.41, 5.74) is 2.16. The van der Waals surface area contributed by atoms with Gasteiger partial charge in [-0.2, -0.15) is 5.10 Å². The maximum Gasteiger partial charge on any atom is 0.378 e. The highest BCUT2D eigenvalue weighted by Gasteiger charge is 2.40. The highest BCUT2D eigenvalue weighted by Crippen LogP contribution is 2.48. The molecule has 0 saturated heterocycles. The molecule has 1 unspecified atom stereocenters. The van der Waals surface area contributed by atoms with Crippen molar-refractivity contribution < 1.29 is 23.1 Å². The van der Waals surface area contributed by atoms with Gasteiger partial charge in [0, 0.05) is 19.8 Å². The van der Waals surface area contributed by atoms with Crippen LogP contribution < -0.4 is 5.44 Å². The Hall–Kier alpha value is -1.43. The number of hydrogen-bond donors (Lipinski definition) is 1. The molecule has 0 fully saturated rings. The minimum atomic E-state index is -3.56. The summed E-state index contributed by atoms with van der Waals surface area (Å²) in [7, 11) is 0.339. The van der Waals surface area contributed by atoms with Crippen LogP contribution in [0.25, 0.3) is 0 Å². The predicted molar refractivity (Wildman–Crippen MR) is 90.5 cm³/mol. The molecule has 1 atom stereocenters. The molecule has 1 N–H and O–H groups in total. The summed E-state index contributed by atoms with van der Waals surface area (Å²) in [5.74, 6) is -0.328. The standard InChI is InChI=1S/C16H25N2O5P/c1-10-7-8-11(16(10,2)3)9-12-13(15(19)21-4)17-18-14(12)24(20,22-5)23-6/h7,11H,8-9H2,1-6H3,(H,17,18). The van der Waals surface area contributed by atoms with Crippen LogP contribution in [0.2, 0.25) is 0 Å². The molecule has 0 saturated carbocycles. The van der Waals surface area contributed by atoms with Crippen LogP contribution >= 0.6 is 7.60 Å². The Balaban J connectivity index is 2.49.